The molecule has 0 spiro atoms. The highest BCUT2D eigenvalue weighted by Crippen LogP contribution is 2.32. The second-order valence-corrected chi connectivity index (χ2v) is 9.55. The van der Waals surface area contributed by atoms with E-state index in [1.807, 2.05) is 106 Å². The SMILES string of the molecule is CCCc1nc(Cc2cccc(Oc3ccccc3)c2)c(C)c(C(=O)OC(C)C)c1OCc1ccccc1. The number of hydrogen-bond acceptors (Lipinski definition) is 5. The Labute approximate surface area is 225 Å². The molecule has 38 heavy (non-hydrogen) atoms. The number of hydrogen-bond donors (Lipinski definition) is 0. The van der Waals surface area contributed by atoms with Crippen LogP contribution in [0.4, 0.5) is 0 Å². The topological polar surface area (TPSA) is 57.7 Å². The third-order valence-electron chi connectivity index (χ3n) is 6.08. The lowest BCUT2D eigenvalue weighted by Gasteiger charge is -2.20. The van der Waals surface area contributed by atoms with E-state index in [0.717, 1.165) is 46.0 Å². The molecule has 0 atom stereocenters. The molecule has 196 valence electrons. The van der Waals surface area contributed by atoms with E-state index in [1.165, 1.54) is 0 Å². The molecular weight excluding hydrogens is 474 g/mol. The molecule has 5 heteroatoms. The highest BCUT2D eigenvalue weighted by molar-refractivity contribution is 5.95. The van der Waals surface area contributed by atoms with Crippen LogP contribution in [0.15, 0.2) is 84.9 Å². The molecule has 0 fully saturated rings. The molecule has 0 aliphatic rings. The van der Waals surface area contributed by atoms with Gasteiger partial charge in [0.05, 0.1) is 11.8 Å². The lowest BCUT2D eigenvalue weighted by molar-refractivity contribution is 0.0371. The Hall–Kier alpha value is -4.12. The maximum Gasteiger partial charge on any atom is 0.342 e. The second-order valence-electron chi connectivity index (χ2n) is 9.55. The number of nitrogens with zero attached hydrogens (tertiary/aromatic N) is 1. The molecule has 0 N–H and O–H groups in total. The molecule has 0 radical (unpaired) electrons. The van der Waals surface area contributed by atoms with Crippen molar-refractivity contribution in [1.29, 1.82) is 0 Å². The molecule has 1 aromatic heterocycles. The monoisotopic (exact) mass is 509 g/mol. The maximum atomic E-state index is 13.4. The van der Waals surface area contributed by atoms with Crippen LogP contribution in [0, 0.1) is 6.92 Å². The molecule has 3 aromatic carbocycles. The van der Waals surface area contributed by atoms with Gasteiger partial charge in [-0.15, -0.1) is 0 Å². The Morgan fingerprint density at radius 3 is 2.18 bits per heavy atom. The number of carbonyl (C=O) groups excluding carboxylic acids is 1. The van der Waals surface area contributed by atoms with Crippen LogP contribution in [-0.2, 0) is 24.2 Å². The van der Waals surface area contributed by atoms with Gasteiger partial charge in [0.1, 0.15) is 23.7 Å². The fourth-order valence-corrected chi connectivity index (χ4v) is 4.28. The number of aryl methyl sites for hydroxylation is 1. The van der Waals surface area contributed by atoms with E-state index in [2.05, 4.69) is 6.92 Å². The highest BCUT2D eigenvalue weighted by Gasteiger charge is 2.25. The minimum Gasteiger partial charge on any atom is -0.486 e. The van der Waals surface area contributed by atoms with Crippen molar-refractivity contribution in [2.24, 2.45) is 0 Å². The summed E-state index contributed by atoms with van der Waals surface area (Å²) in [6, 6.07) is 27.6. The molecule has 0 saturated carbocycles. The average Bonchev–Trinajstić information content (AvgIpc) is 2.90. The molecule has 0 amide bonds. The first-order chi connectivity index (χ1) is 18.4. The zero-order valence-corrected chi connectivity index (χ0v) is 22.6. The lowest BCUT2D eigenvalue weighted by atomic mass is 9.98. The summed E-state index contributed by atoms with van der Waals surface area (Å²) in [4.78, 5) is 18.4. The van der Waals surface area contributed by atoms with Crippen molar-refractivity contribution in [3.05, 3.63) is 119 Å². The number of benzene rings is 3. The number of para-hydroxylation sites is 1. The van der Waals surface area contributed by atoms with E-state index in [-0.39, 0.29) is 12.1 Å². The van der Waals surface area contributed by atoms with Gasteiger partial charge in [0.25, 0.3) is 0 Å². The van der Waals surface area contributed by atoms with E-state index in [9.17, 15) is 4.79 Å². The summed E-state index contributed by atoms with van der Waals surface area (Å²) in [6.07, 6.45) is 1.87. The fraction of sp³-hybridized carbons (Fsp3) is 0.273. The van der Waals surface area contributed by atoms with Crippen LogP contribution in [0.25, 0.3) is 0 Å². The summed E-state index contributed by atoms with van der Waals surface area (Å²) in [7, 11) is 0. The average molecular weight is 510 g/mol. The van der Waals surface area contributed by atoms with Crippen LogP contribution in [0.1, 0.15) is 65.6 Å². The largest absolute Gasteiger partial charge is 0.486 e. The van der Waals surface area contributed by atoms with E-state index in [0.29, 0.717) is 30.8 Å². The maximum absolute atomic E-state index is 13.4. The zero-order chi connectivity index (χ0) is 26.9. The molecule has 0 unspecified atom stereocenters. The van der Waals surface area contributed by atoms with Gasteiger partial charge in [-0.25, -0.2) is 4.79 Å². The van der Waals surface area contributed by atoms with E-state index in [4.69, 9.17) is 19.2 Å². The minimum absolute atomic E-state index is 0.248. The van der Waals surface area contributed by atoms with Crippen LogP contribution < -0.4 is 9.47 Å². The Kier molecular flexibility index (Phi) is 9.15. The lowest BCUT2D eigenvalue weighted by Crippen LogP contribution is -2.18. The molecule has 0 aliphatic carbocycles. The van der Waals surface area contributed by atoms with Crippen molar-refractivity contribution in [2.75, 3.05) is 0 Å². The van der Waals surface area contributed by atoms with Crippen LogP contribution in [0.3, 0.4) is 0 Å². The number of aromatic nitrogens is 1. The first kappa shape index (κ1) is 26.9. The van der Waals surface area contributed by atoms with Crippen molar-refractivity contribution in [3.63, 3.8) is 0 Å². The van der Waals surface area contributed by atoms with Gasteiger partial charge in [0.15, 0.2) is 5.75 Å². The summed E-state index contributed by atoms with van der Waals surface area (Å²) in [5, 5.41) is 0. The predicted molar refractivity (Wildman–Crippen MR) is 150 cm³/mol. The number of rotatable bonds is 11. The van der Waals surface area contributed by atoms with E-state index >= 15 is 0 Å². The second kappa shape index (κ2) is 12.9. The van der Waals surface area contributed by atoms with Crippen molar-refractivity contribution in [2.45, 2.75) is 59.7 Å². The van der Waals surface area contributed by atoms with Gasteiger partial charge >= 0.3 is 5.97 Å². The molecule has 1 heterocycles. The molecular formula is C33H35NO4. The smallest absolute Gasteiger partial charge is 0.342 e. The Balaban J connectivity index is 1.70. The first-order valence-electron chi connectivity index (χ1n) is 13.2. The fourth-order valence-electron chi connectivity index (χ4n) is 4.28. The highest BCUT2D eigenvalue weighted by atomic mass is 16.5. The molecule has 0 bridgehead atoms. The van der Waals surface area contributed by atoms with Gasteiger partial charge in [-0.3, -0.25) is 4.98 Å². The normalized spacial score (nSPS) is 10.9. The zero-order valence-electron chi connectivity index (χ0n) is 22.6. The summed E-state index contributed by atoms with van der Waals surface area (Å²) < 4.78 is 18.0. The Bertz CT molecular complexity index is 1350. The van der Waals surface area contributed by atoms with Crippen molar-refractivity contribution < 1.29 is 19.0 Å². The van der Waals surface area contributed by atoms with Crippen molar-refractivity contribution in [3.8, 4) is 17.2 Å². The molecule has 4 aromatic rings. The number of pyridine rings is 1. The first-order valence-corrected chi connectivity index (χ1v) is 13.2. The van der Waals surface area contributed by atoms with Gasteiger partial charge in [-0.2, -0.15) is 0 Å². The van der Waals surface area contributed by atoms with Crippen LogP contribution in [0.5, 0.6) is 17.2 Å². The van der Waals surface area contributed by atoms with Crippen LogP contribution in [-0.4, -0.2) is 17.1 Å². The van der Waals surface area contributed by atoms with Gasteiger partial charge in [-0.1, -0.05) is 74.0 Å². The van der Waals surface area contributed by atoms with E-state index < -0.39 is 0 Å². The molecule has 5 nitrogen and oxygen atoms in total. The number of esters is 1. The summed E-state index contributed by atoms with van der Waals surface area (Å²) >= 11 is 0. The van der Waals surface area contributed by atoms with Gasteiger partial charge in [-0.05, 0) is 68.1 Å². The third kappa shape index (κ3) is 7.00. The van der Waals surface area contributed by atoms with Crippen LogP contribution >= 0.6 is 0 Å². The summed E-state index contributed by atoms with van der Waals surface area (Å²) in [5.74, 6) is 1.66. The summed E-state index contributed by atoms with van der Waals surface area (Å²) in [6.45, 7) is 8.07. The van der Waals surface area contributed by atoms with Gasteiger partial charge in [0, 0.05) is 12.1 Å². The number of ether oxygens (including phenoxy) is 3. The Morgan fingerprint density at radius 2 is 1.50 bits per heavy atom. The van der Waals surface area contributed by atoms with Crippen molar-refractivity contribution >= 4 is 5.97 Å². The predicted octanol–water partition coefficient (Wildman–Crippen LogP) is 7.87. The van der Waals surface area contributed by atoms with Gasteiger partial charge < -0.3 is 14.2 Å². The van der Waals surface area contributed by atoms with E-state index in [1.54, 1.807) is 0 Å². The summed E-state index contributed by atoms with van der Waals surface area (Å²) in [5.41, 5.74) is 4.89. The van der Waals surface area contributed by atoms with Gasteiger partial charge in [0.2, 0.25) is 0 Å². The molecule has 0 saturated heterocycles. The standard InChI is InChI=1S/C33H35NO4/c1-5-13-29-32(36-22-25-14-8-6-9-15-25)31(33(35)37-23(2)3)24(4)30(34-29)21-26-16-12-19-28(20-26)38-27-17-10-7-11-18-27/h6-12,14-20,23H,5,13,21-22H2,1-4H3. The quantitative estimate of drug-likeness (QED) is 0.193. The minimum atomic E-state index is -0.386. The number of carbonyl (C=O) groups is 1. The molecule has 0 aliphatic heterocycles. The van der Waals surface area contributed by atoms with Crippen LogP contribution in [0.2, 0.25) is 0 Å². The molecule has 4 rings (SSSR count). The van der Waals surface area contributed by atoms with Crippen molar-refractivity contribution in [1.82, 2.24) is 4.98 Å². The third-order valence-corrected chi connectivity index (χ3v) is 6.08. The Morgan fingerprint density at radius 1 is 0.842 bits per heavy atom.